The molecule has 0 amide bonds. The molecule has 3 rings (SSSR count). The van der Waals surface area contributed by atoms with Crippen molar-refractivity contribution in [3.05, 3.63) is 71.8 Å². The van der Waals surface area contributed by atoms with Crippen LogP contribution in [0.1, 0.15) is 11.1 Å². The normalized spacial score (nSPS) is 14.6. The molecule has 0 saturated carbocycles. The molecule has 0 unspecified atom stereocenters. The smallest absolute Gasteiger partial charge is 0.414 e. The number of hydrogen-bond donors (Lipinski definition) is 2. The van der Waals surface area contributed by atoms with Crippen molar-refractivity contribution in [2.75, 3.05) is 51.7 Å². The summed E-state index contributed by atoms with van der Waals surface area (Å²) in [6, 6.07) is 19.5. The molecular weight excluding hydrogens is 394 g/mol. The number of carboxylic acids is 2. The molecule has 0 aliphatic carbocycles. The standard InChI is InChI=1S/C22H29N3.C2H2O4/c1-23(2)22-12-10-21(11-13-22)19-25-17-15-24(16-18-25)14-6-9-20-7-4-3-5-8-20;3-1(4)2(5)6/h3-13H,14-19H2,1-2H3;(H,3,4)(H,5,6)/b9-6+;. The number of carboxylic acid groups (broad SMARTS) is 2. The molecule has 31 heavy (non-hydrogen) atoms. The predicted molar refractivity (Wildman–Crippen MR) is 123 cm³/mol. The van der Waals surface area contributed by atoms with Gasteiger partial charge in [-0.25, -0.2) is 9.59 Å². The summed E-state index contributed by atoms with van der Waals surface area (Å²) < 4.78 is 0. The van der Waals surface area contributed by atoms with E-state index < -0.39 is 11.9 Å². The lowest BCUT2D eigenvalue weighted by molar-refractivity contribution is -0.159. The van der Waals surface area contributed by atoms with Crippen LogP contribution in [0.2, 0.25) is 0 Å². The van der Waals surface area contributed by atoms with Crippen molar-refractivity contribution in [3.8, 4) is 0 Å². The van der Waals surface area contributed by atoms with Crippen LogP contribution in [0.4, 0.5) is 5.69 Å². The monoisotopic (exact) mass is 425 g/mol. The summed E-state index contributed by atoms with van der Waals surface area (Å²) in [6.45, 7) is 6.69. The zero-order valence-electron chi connectivity index (χ0n) is 18.1. The molecule has 0 aromatic heterocycles. The highest BCUT2D eigenvalue weighted by Gasteiger charge is 2.15. The van der Waals surface area contributed by atoms with Crippen LogP contribution in [-0.4, -0.2) is 78.8 Å². The van der Waals surface area contributed by atoms with Crippen LogP contribution in [0.15, 0.2) is 60.7 Å². The minimum atomic E-state index is -1.82. The van der Waals surface area contributed by atoms with E-state index >= 15 is 0 Å². The fraction of sp³-hybridized carbons (Fsp3) is 0.333. The number of anilines is 1. The molecule has 1 fully saturated rings. The molecule has 1 aliphatic rings. The van der Waals surface area contributed by atoms with Crippen molar-refractivity contribution in [1.29, 1.82) is 0 Å². The van der Waals surface area contributed by atoms with Gasteiger partial charge in [-0.1, -0.05) is 54.6 Å². The first kappa shape index (κ1) is 24.1. The average molecular weight is 426 g/mol. The van der Waals surface area contributed by atoms with E-state index in [1.165, 1.54) is 16.8 Å². The van der Waals surface area contributed by atoms with Gasteiger partial charge in [0.15, 0.2) is 0 Å². The van der Waals surface area contributed by atoms with Crippen molar-refractivity contribution in [1.82, 2.24) is 9.80 Å². The molecule has 0 atom stereocenters. The molecule has 1 heterocycles. The first-order valence-electron chi connectivity index (χ1n) is 10.2. The molecule has 1 saturated heterocycles. The lowest BCUT2D eigenvalue weighted by Gasteiger charge is -2.34. The summed E-state index contributed by atoms with van der Waals surface area (Å²) in [6.07, 6.45) is 4.50. The number of rotatable bonds is 6. The number of nitrogens with zero attached hydrogens (tertiary/aromatic N) is 3. The fourth-order valence-corrected chi connectivity index (χ4v) is 3.19. The predicted octanol–water partition coefficient (Wildman–Crippen LogP) is 2.74. The first-order chi connectivity index (χ1) is 14.8. The van der Waals surface area contributed by atoms with E-state index in [1.54, 1.807) is 0 Å². The summed E-state index contributed by atoms with van der Waals surface area (Å²) in [5.74, 6) is -3.65. The van der Waals surface area contributed by atoms with Crippen LogP contribution >= 0.6 is 0 Å². The second-order valence-corrected chi connectivity index (χ2v) is 7.56. The molecule has 166 valence electrons. The first-order valence-corrected chi connectivity index (χ1v) is 10.2. The van der Waals surface area contributed by atoms with Gasteiger partial charge in [-0.2, -0.15) is 0 Å². The van der Waals surface area contributed by atoms with Crippen LogP contribution < -0.4 is 4.90 Å². The largest absolute Gasteiger partial charge is 0.473 e. The second kappa shape index (κ2) is 12.5. The summed E-state index contributed by atoms with van der Waals surface area (Å²) in [5.41, 5.74) is 3.95. The van der Waals surface area contributed by atoms with Crippen molar-refractivity contribution in [3.63, 3.8) is 0 Å². The van der Waals surface area contributed by atoms with E-state index in [2.05, 4.69) is 95.5 Å². The Balaban J connectivity index is 0.000000501. The van der Waals surface area contributed by atoms with Gasteiger partial charge < -0.3 is 15.1 Å². The summed E-state index contributed by atoms with van der Waals surface area (Å²) in [5, 5.41) is 14.8. The number of aliphatic carboxylic acids is 2. The Hall–Kier alpha value is -3.16. The van der Waals surface area contributed by atoms with E-state index in [1.807, 2.05) is 0 Å². The van der Waals surface area contributed by atoms with Crippen molar-refractivity contribution in [2.24, 2.45) is 0 Å². The zero-order chi connectivity index (χ0) is 22.6. The van der Waals surface area contributed by atoms with Gasteiger partial charge >= 0.3 is 11.9 Å². The fourth-order valence-electron chi connectivity index (χ4n) is 3.19. The molecule has 2 aromatic carbocycles. The van der Waals surface area contributed by atoms with E-state index in [0.717, 1.165) is 39.3 Å². The molecular formula is C24H31N3O4. The minimum absolute atomic E-state index is 1.04. The molecule has 1 aliphatic heterocycles. The van der Waals surface area contributed by atoms with Crippen molar-refractivity contribution < 1.29 is 19.8 Å². The second-order valence-electron chi connectivity index (χ2n) is 7.56. The maximum Gasteiger partial charge on any atom is 0.414 e. The number of hydrogen-bond acceptors (Lipinski definition) is 5. The van der Waals surface area contributed by atoms with Gasteiger partial charge in [0.2, 0.25) is 0 Å². The third-order valence-electron chi connectivity index (χ3n) is 4.98. The average Bonchev–Trinajstić information content (AvgIpc) is 2.76. The summed E-state index contributed by atoms with van der Waals surface area (Å²) in [7, 11) is 4.17. The minimum Gasteiger partial charge on any atom is -0.473 e. The van der Waals surface area contributed by atoms with Crippen LogP contribution in [0.5, 0.6) is 0 Å². The third kappa shape index (κ3) is 9.02. The van der Waals surface area contributed by atoms with Crippen LogP contribution in [-0.2, 0) is 16.1 Å². The maximum atomic E-state index is 9.10. The van der Waals surface area contributed by atoms with Gasteiger partial charge in [-0.05, 0) is 23.3 Å². The molecule has 7 heteroatoms. The maximum absolute atomic E-state index is 9.10. The molecule has 7 nitrogen and oxygen atoms in total. The molecule has 2 N–H and O–H groups in total. The van der Waals surface area contributed by atoms with Gasteiger partial charge in [0.1, 0.15) is 0 Å². The lowest BCUT2D eigenvalue weighted by atomic mass is 10.1. The highest BCUT2D eigenvalue weighted by atomic mass is 16.4. The molecule has 0 radical (unpaired) electrons. The van der Waals surface area contributed by atoms with E-state index in [-0.39, 0.29) is 0 Å². The van der Waals surface area contributed by atoms with Crippen LogP contribution in [0.25, 0.3) is 6.08 Å². The van der Waals surface area contributed by atoms with Gasteiger partial charge in [-0.3, -0.25) is 9.80 Å². The number of benzene rings is 2. The van der Waals surface area contributed by atoms with Gasteiger partial charge in [0.05, 0.1) is 0 Å². The molecule has 0 spiro atoms. The lowest BCUT2D eigenvalue weighted by Crippen LogP contribution is -2.45. The SMILES string of the molecule is CN(C)c1ccc(CN2CCN(C/C=C/c3ccccc3)CC2)cc1.O=C(O)C(=O)O. The quantitative estimate of drug-likeness (QED) is 0.689. The Bertz CT molecular complexity index is 831. The van der Waals surface area contributed by atoms with E-state index in [4.69, 9.17) is 19.8 Å². The Kier molecular flexibility index (Phi) is 9.74. The highest BCUT2D eigenvalue weighted by Crippen LogP contribution is 2.14. The van der Waals surface area contributed by atoms with E-state index in [0.29, 0.717) is 0 Å². The van der Waals surface area contributed by atoms with Crippen molar-refractivity contribution in [2.45, 2.75) is 6.54 Å². The van der Waals surface area contributed by atoms with Gasteiger partial charge in [-0.15, -0.1) is 0 Å². The number of piperazine rings is 1. The Morgan fingerprint density at radius 3 is 1.94 bits per heavy atom. The molecule has 0 bridgehead atoms. The van der Waals surface area contributed by atoms with E-state index in [9.17, 15) is 0 Å². The highest BCUT2D eigenvalue weighted by molar-refractivity contribution is 6.27. The Morgan fingerprint density at radius 2 is 1.42 bits per heavy atom. The van der Waals surface area contributed by atoms with Crippen molar-refractivity contribution >= 4 is 23.7 Å². The molecule has 2 aromatic rings. The van der Waals surface area contributed by atoms with Gasteiger partial charge in [0, 0.05) is 59.1 Å². The Labute approximate surface area is 183 Å². The number of carbonyl (C=O) groups is 2. The third-order valence-corrected chi connectivity index (χ3v) is 4.98. The summed E-state index contributed by atoms with van der Waals surface area (Å²) in [4.78, 5) is 25.4. The topological polar surface area (TPSA) is 84.3 Å². The summed E-state index contributed by atoms with van der Waals surface area (Å²) >= 11 is 0. The Morgan fingerprint density at radius 1 is 0.871 bits per heavy atom. The van der Waals surface area contributed by atoms with Crippen LogP contribution in [0.3, 0.4) is 0 Å². The van der Waals surface area contributed by atoms with Crippen LogP contribution in [0, 0.1) is 0 Å². The van der Waals surface area contributed by atoms with Gasteiger partial charge in [0.25, 0.3) is 0 Å². The zero-order valence-corrected chi connectivity index (χ0v) is 18.1.